The lowest BCUT2D eigenvalue weighted by atomic mass is 10.1. The summed E-state index contributed by atoms with van der Waals surface area (Å²) in [5, 5.41) is 3.87. The molecule has 1 aromatic heterocycles. The number of aldehydes is 1. The van der Waals surface area contributed by atoms with E-state index in [0.29, 0.717) is 23.6 Å². The molecule has 4 rings (SSSR count). The summed E-state index contributed by atoms with van der Waals surface area (Å²) >= 11 is 0. The Morgan fingerprint density at radius 2 is 2.11 bits per heavy atom. The number of aromatic nitrogens is 1. The van der Waals surface area contributed by atoms with Gasteiger partial charge in [0.25, 0.3) is 5.91 Å². The number of ether oxygens (including phenoxy) is 2. The molecule has 144 valence electrons. The molecule has 1 atom stereocenters. The molecule has 3 aromatic rings. The van der Waals surface area contributed by atoms with E-state index in [-0.39, 0.29) is 12.0 Å². The van der Waals surface area contributed by atoms with Crippen LogP contribution in [0.2, 0.25) is 0 Å². The van der Waals surface area contributed by atoms with Crippen LogP contribution in [0.4, 0.5) is 5.69 Å². The minimum absolute atomic E-state index is 0.161. The summed E-state index contributed by atoms with van der Waals surface area (Å²) in [6, 6.07) is 12.6. The zero-order valence-corrected chi connectivity index (χ0v) is 15.7. The highest BCUT2D eigenvalue weighted by Crippen LogP contribution is 2.26. The van der Waals surface area contributed by atoms with Gasteiger partial charge in [-0.2, -0.15) is 0 Å². The molecule has 0 saturated carbocycles. The van der Waals surface area contributed by atoms with Crippen LogP contribution in [0.15, 0.2) is 42.5 Å². The summed E-state index contributed by atoms with van der Waals surface area (Å²) in [7, 11) is 0. The molecular formula is C22H22N2O4. The quantitative estimate of drug-likeness (QED) is 0.633. The van der Waals surface area contributed by atoms with Gasteiger partial charge in [-0.25, -0.2) is 0 Å². The Morgan fingerprint density at radius 3 is 2.82 bits per heavy atom. The number of nitrogens with one attached hydrogen (secondary N) is 2. The topological polar surface area (TPSA) is 80.4 Å². The van der Waals surface area contributed by atoms with Crippen LogP contribution in [0.25, 0.3) is 10.9 Å². The maximum atomic E-state index is 12.6. The lowest BCUT2D eigenvalue weighted by Gasteiger charge is -2.12. The van der Waals surface area contributed by atoms with E-state index in [1.807, 2.05) is 19.1 Å². The SMILES string of the molecule is Cc1c(NC(=O)c2ccc(OC[C@@H]3CCCO3)cc2)ccc2cc(C=O)[nH]c12. The second-order valence-electron chi connectivity index (χ2n) is 6.97. The summed E-state index contributed by atoms with van der Waals surface area (Å²) in [5.74, 6) is 0.521. The molecule has 0 spiro atoms. The normalized spacial score (nSPS) is 16.2. The van der Waals surface area contributed by atoms with E-state index in [2.05, 4.69) is 10.3 Å². The van der Waals surface area contributed by atoms with E-state index in [4.69, 9.17) is 9.47 Å². The maximum Gasteiger partial charge on any atom is 0.255 e. The van der Waals surface area contributed by atoms with Gasteiger partial charge in [-0.1, -0.05) is 6.07 Å². The van der Waals surface area contributed by atoms with E-state index in [1.165, 1.54) is 0 Å². The highest BCUT2D eigenvalue weighted by Gasteiger charge is 2.16. The Morgan fingerprint density at radius 1 is 1.29 bits per heavy atom. The number of rotatable bonds is 6. The molecule has 0 unspecified atom stereocenters. The van der Waals surface area contributed by atoms with Gasteiger partial charge < -0.3 is 19.8 Å². The lowest BCUT2D eigenvalue weighted by molar-refractivity contribution is 0.0679. The highest BCUT2D eigenvalue weighted by atomic mass is 16.5. The smallest absolute Gasteiger partial charge is 0.255 e. The van der Waals surface area contributed by atoms with Crippen LogP contribution < -0.4 is 10.1 Å². The molecule has 1 saturated heterocycles. The van der Waals surface area contributed by atoms with Crippen LogP contribution in [0.1, 0.15) is 39.3 Å². The predicted octanol–water partition coefficient (Wildman–Crippen LogP) is 4.10. The van der Waals surface area contributed by atoms with Gasteiger partial charge in [0.1, 0.15) is 12.4 Å². The van der Waals surface area contributed by atoms with Crippen molar-refractivity contribution < 1.29 is 19.1 Å². The van der Waals surface area contributed by atoms with Crippen LogP contribution >= 0.6 is 0 Å². The molecule has 0 aliphatic carbocycles. The molecule has 2 N–H and O–H groups in total. The van der Waals surface area contributed by atoms with Gasteiger partial charge in [-0.3, -0.25) is 9.59 Å². The number of carbonyl (C=O) groups is 2. The van der Waals surface area contributed by atoms with Crippen molar-refractivity contribution in [1.29, 1.82) is 0 Å². The van der Waals surface area contributed by atoms with E-state index < -0.39 is 0 Å². The number of hydrogen-bond donors (Lipinski definition) is 2. The Balaban J connectivity index is 1.43. The fraction of sp³-hybridized carbons (Fsp3) is 0.273. The molecule has 6 heteroatoms. The van der Waals surface area contributed by atoms with Crippen LogP contribution in [-0.4, -0.2) is 36.5 Å². The lowest BCUT2D eigenvalue weighted by Crippen LogP contribution is -2.16. The summed E-state index contributed by atoms with van der Waals surface area (Å²) < 4.78 is 11.3. The van der Waals surface area contributed by atoms with Gasteiger partial charge in [0.15, 0.2) is 6.29 Å². The Bertz CT molecular complexity index is 1000. The molecule has 2 aromatic carbocycles. The monoisotopic (exact) mass is 378 g/mol. The second-order valence-corrected chi connectivity index (χ2v) is 6.97. The van der Waals surface area contributed by atoms with Crippen LogP contribution in [0.5, 0.6) is 5.75 Å². The summed E-state index contributed by atoms with van der Waals surface area (Å²) in [6.45, 7) is 3.24. The molecule has 28 heavy (non-hydrogen) atoms. The van der Waals surface area contributed by atoms with Crippen molar-refractivity contribution in [3.05, 3.63) is 59.3 Å². The number of benzene rings is 2. The van der Waals surface area contributed by atoms with Crippen molar-refractivity contribution >= 4 is 28.8 Å². The van der Waals surface area contributed by atoms with Gasteiger partial charge in [-0.15, -0.1) is 0 Å². The molecule has 1 aliphatic rings. The van der Waals surface area contributed by atoms with E-state index in [0.717, 1.165) is 48.0 Å². The van der Waals surface area contributed by atoms with Crippen molar-refractivity contribution in [1.82, 2.24) is 4.98 Å². The molecular weight excluding hydrogens is 356 g/mol. The third-order valence-electron chi connectivity index (χ3n) is 5.03. The van der Waals surface area contributed by atoms with Gasteiger partial charge in [0.05, 0.1) is 17.3 Å². The van der Waals surface area contributed by atoms with Crippen LogP contribution in [0.3, 0.4) is 0 Å². The maximum absolute atomic E-state index is 12.6. The summed E-state index contributed by atoms with van der Waals surface area (Å²) in [5.41, 5.74) is 3.49. The first-order valence-electron chi connectivity index (χ1n) is 9.37. The van der Waals surface area contributed by atoms with Gasteiger partial charge in [0, 0.05) is 23.2 Å². The van der Waals surface area contributed by atoms with Gasteiger partial charge in [-0.05, 0) is 61.7 Å². The van der Waals surface area contributed by atoms with E-state index in [1.54, 1.807) is 30.3 Å². The fourth-order valence-electron chi connectivity index (χ4n) is 3.43. The second kappa shape index (κ2) is 7.86. The summed E-state index contributed by atoms with van der Waals surface area (Å²) in [6.07, 6.45) is 3.05. The van der Waals surface area contributed by atoms with Gasteiger partial charge >= 0.3 is 0 Å². The summed E-state index contributed by atoms with van der Waals surface area (Å²) in [4.78, 5) is 26.6. The van der Waals surface area contributed by atoms with Crippen molar-refractivity contribution in [2.24, 2.45) is 0 Å². The predicted molar refractivity (Wildman–Crippen MR) is 107 cm³/mol. The molecule has 1 fully saturated rings. The standard InChI is InChI=1S/C22H22N2O4/c1-14-20(9-6-16-11-17(12-25)23-21(14)16)24-22(26)15-4-7-18(8-5-15)28-13-19-3-2-10-27-19/h4-9,11-12,19,23H,2-3,10,13H2,1H3,(H,24,26)/t19-/m0/s1. The average Bonchev–Trinajstić information content (AvgIpc) is 3.38. The first kappa shape index (κ1) is 18.3. The number of aryl methyl sites for hydroxylation is 1. The number of aromatic amines is 1. The van der Waals surface area contributed by atoms with Gasteiger partial charge in [0.2, 0.25) is 0 Å². The fourth-order valence-corrected chi connectivity index (χ4v) is 3.43. The molecule has 0 bridgehead atoms. The Hall–Kier alpha value is -3.12. The first-order chi connectivity index (χ1) is 13.6. The van der Waals surface area contributed by atoms with Crippen molar-refractivity contribution in [2.45, 2.75) is 25.9 Å². The number of H-pyrrole nitrogens is 1. The highest BCUT2D eigenvalue weighted by molar-refractivity contribution is 6.06. The molecule has 6 nitrogen and oxygen atoms in total. The van der Waals surface area contributed by atoms with Crippen molar-refractivity contribution in [2.75, 3.05) is 18.5 Å². The number of fused-ring (bicyclic) bond motifs is 1. The van der Waals surface area contributed by atoms with Crippen LogP contribution in [-0.2, 0) is 4.74 Å². The average molecular weight is 378 g/mol. The van der Waals surface area contributed by atoms with Crippen molar-refractivity contribution in [3.63, 3.8) is 0 Å². The zero-order valence-electron chi connectivity index (χ0n) is 15.7. The Kier molecular flexibility index (Phi) is 5.12. The largest absolute Gasteiger partial charge is 0.491 e. The number of carbonyl (C=O) groups excluding carboxylic acids is 2. The third-order valence-corrected chi connectivity index (χ3v) is 5.03. The van der Waals surface area contributed by atoms with Crippen LogP contribution in [0, 0.1) is 6.92 Å². The minimum atomic E-state index is -0.199. The molecule has 2 heterocycles. The molecule has 1 amide bonds. The van der Waals surface area contributed by atoms with Crippen molar-refractivity contribution in [3.8, 4) is 5.75 Å². The molecule has 0 radical (unpaired) electrons. The number of anilines is 1. The number of amides is 1. The van der Waals surface area contributed by atoms with E-state index >= 15 is 0 Å². The molecule has 1 aliphatic heterocycles. The minimum Gasteiger partial charge on any atom is -0.491 e. The first-order valence-corrected chi connectivity index (χ1v) is 9.37. The third kappa shape index (κ3) is 3.77. The number of hydrogen-bond acceptors (Lipinski definition) is 4. The Labute approximate surface area is 162 Å². The van der Waals surface area contributed by atoms with E-state index in [9.17, 15) is 9.59 Å². The zero-order chi connectivity index (χ0) is 19.5.